The second kappa shape index (κ2) is 11.2. The molecule has 1 aliphatic heterocycles. The van der Waals surface area contributed by atoms with Crippen molar-refractivity contribution < 1.29 is 14.3 Å². The summed E-state index contributed by atoms with van der Waals surface area (Å²) < 4.78 is 10.9. The molecule has 7 heteroatoms. The van der Waals surface area contributed by atoms with Gasteiger partial charge in [-0.05, 0) is 42.3 Å². The molecule has 2 aromatic carbocycles. The van der Waals surface area contributed by atoms with Crippen molar-refractivity contribution in [2.75, 3.05) is 32.9 Å². The lowest BCUT2D eigenvalue weighted by molar-refractivity contribution is -0.120. The summed E-state index contributed by atoms with van der Waals surface area (Å²) in [5.74, 6) is 0.827. The van der Waals surface area contributed by atoms with E-state index in [1.807, 2.05) is 36.6 Å². The van der Waals surface area contributed by atoms with Crippen LogP contribution in [0.3, 0.4) is 0 Å². The van der Waals surface area contributed by atoms with Gasteiger partial charge in [0.15, 0.2) is 0 Å². The normalized spacial score (nSPS) is 14.3. The zero-order valence-corrected chi connectivity index (χ0v) is 19.2. The average Bonchev–Trinajstić information content (AvgIpc) is 3.28. The Hall–Kier alpha value is -2.74. The lowest BCUT2D eigenvalue weighted by Gasteiger charge is -2.26. The number of hydrogen-bond acceptors (Lipinski definition) is 6. The second-order valence-electron chi connectivity index (χ2n) is 7.76. The molecular formula is C25H29N3O3S. The molecule has 1 aliphatic rings. The maximum atomic E-state index is 12.5. The Morgan fingerprint density at radius 1 is 1.16 bits per heavy atom. The monoisotopic (exact) mass is 451 g/mol. The number of carbonyl (C=O) groups is 1. The van der Waals surface area contributed by atoms with Crippen LogP contribution in [0.25, 0.3) is 10.6 Å². The van der Waals surface area contributed by atoms with Crippen molar-refractivity contribution in [3.63, 3.8) is 0 Å². The maximum absolute atomic E-state index is 12.5. The van der Waals surface area contributed by atoms with Gasteiger partial charge < -0.3 is 14.8 Å². The van der Waals surface area contributed by atoms with Gasteiger partial charge >= 0.3 is 0 Å². The first-order chi connectivity index (χ1) is 15.7. The predicted molar refractivity (Wildman–Crippen MR) is 127 cm³/mol. The Morgan fingerprint density at radius 3 is 2.72 bits per heavy atom. The predicted octanol–water partition coefficient (Wildman–Crippen LogP) is 3.90. The van der Waals surface area contributed by atoms with Crippen molar-refractivity contribution in [1.82, 2.24) is 15.2 Å². The van der Waals surface area contributed by atoms with E-state index in [4.69, 9.17) is 9.47 Å². The van der Waals surface area contributed by atoms with E-state index < -0.39 is 0 Å². The van der Waals surface area contributed by atoms with Gasteiger partial charge in [0, 0.05) is 37.1 Å². The fraction of sp³-hybridized carbons (Fsp3) is 0.360. The molecule has 0 spiro atoms. The van der Waals surface area contributed by atoms with Gasteiger partial charge in [-0.15, -0.1) is 11.3 Å². The van der Waals surface area contributed by atoms with Crippen LogP contribution in [0.4, 0.5) is 0 Å². The van der Waals surface area contributed by atoms with Crippen LogP contribution in [0.2, 0.25) is 0 Å². The molecule has 0 atom stereocenters. The Labute approximate surface area is 193 Å². The summed E-state index contributed by atoms with van der Waals surface area (Å²) in [7, 11) is 0. The average molecular weight is 452 g/mol. The van der Waals surface area contributed by atoms with E-state index in [1.165, 1.54) is 5.56 Å². The zero-order chi connectivity index (χ0) is 22.2. The Kier molecular flexibility index (Phi) is 7.87. The molecule has 2 heterocycles. The van der Waals surface area contributed by atoms with Gasteiger partial charge in [-0.1, -0.05) is 24.3 Å². The smallest absolute Gasteiger partial charge is 0.226 e. The van der Waals surface area contributed by atoms with Crippen LogP contribution >= 0.6 is 11.3 Å². The van der Waals surface area contributed by atoms with Crippen LogP contribution in [-0.2, 0) is 29.0 Å². The van der Waals surface area contributed by atoms with Gasteiger partial charge in [0.1, 0.15) is 10.8 Å². The third kappa shape index (κ3) is 6.38. The first-order valence-electron chi connectivity index (χ1n) is 11.0. The molecule has 0 bridgehead atoms. The van der Waals surface area contributed by atoms with Crippen LogP contribution in [0.1, 0.15) is 23.7 Å². The molecule has 3 aromatic rings. The highest BCUT2D eigenvalue weighted by atomic mass is 32.1. The first-order valence-corrected chi connectivity index (χ1v) is 11.9. The van der Waals surface area contributed by atoms with Crippen LogP contribution in [0.5, 0.6) is 5.75 Å². The molecule has 0 radical (unpaired) electrons. The molecule has 0 aliphatic carbocycles. The van der Waals surface area contributed by atoms with Crippen LogP contribution in [0, 0.1) is 0 Å². The quantitative estimate of drug-likeness (QED) is 0.535. The van der Waals surface area contributed by atoms with Crippen LogP contribution in [0.15, 0.2) is 53.9 Å². The number of nitrogens with zero attached hydrogens (tertiary/aromatic N) is 2. The zero-order valence-electron chi connectivity index (χ0n) is 18.4. The molecule has 1 fully saturated rings. The number of amides is 1. The number of thiazole rings is 1. The number of ether oxygens (including phenoxy) is 2. The molecule has 1 aromatic heterocycles. The molecule has 1 amide bonds. The minimum atomic E-state index is -0.0212. The SMILES string of the molecule is CCOc1ccc(-c2nc(CC(=O)NCc3cccc(CN4CCOCC4)c3)cs2)cc1. The summed E-state index contributed by atoms with van der Waals surface area (Å²) >= 11 is 1.55. The van der Waals surface area contributed by atoms with Crippen molar-refractivity contribution in [2.45, 2.75) is 26.4 Å². The van der Waals surface area contributed by atoms with Crippen LogP contribution in [-0.4, -0.2) is 48.7 Å². The minimum Gasteiger partial charge on any atom is -0.494 e. The number of rotatable bonds is 9. The maximum Gasteiger partial charge on any atom is 0.226 e. The van der Waals surface area contributed by atoms with Crippen molar-refractivity contribution in [2.24, 2.45) is 0 Å². The van der Waals surface area contributed by atoms with Gasteiger partial charge in [0.05, 0.1) is 31.9 Å². The standard InChI is InChI=1S/C25H29N3O3S/c1-2-31-23-8-6-21(7-9-23)25-27-22(18-32-25)15-24(29)26-16-19-4-3-5-20(14-19)17-28-10-12-30-13-11-28/h3-9,14,18H,2,10-13,15-17H2,1H3,(H,26,29). The Morgan fingerprint density at radius 2 is 1.94 bits per heavy atom. The number of morpholine rings is 1. The van der Waals surface area contributed by atoms with Gasteiger partial charge in [0.25, 0.3) is 0 Å². The third-order valence-electron chi connectivity index (χ3n) is 5.30. The number of aromatic nitrogens is 1. The topological polar surface area (TPSA) is 63.7 Å². The van der Waals surface area contributed by atoms with Gasteiger partial charge in [-0.2, -0.15) is 0 Å². The first kappa shape index (κ1) is 22.5. The summed E-state index contributed by atoms with van der Waals surface area (Å²) in [5.41, 5.74) is 4.19. The lowest BCUT2D eigenvalue weighted by atomic mass is 10.1. The molecule has 168 valence electrons. The molecule has 4 rings (SSSR count). The highest BCUT2D eigenvalue weighted by Gasteiger charge is 2.12. The summed E-state index contributed by atoms with van der Waals surface area (Å²) in [5, 5.41) is 5.89. The molecule has 32 heavy (non-hydrogen) atoms. The highest BCUT2D eigenvalue weighted by molar-refractivity contribution is 7.13. The minimum absolute atomic E-state index is 0.0212. The van der Waals surface area contributed by atoms with E-state index in [0.717, 1.165) is 60.4 Å². The van der Waals surface area contributed by atoms with E-state index in [-0.39, 0.29) is 12.3 Å². The molecule has 6 nitrogen and oxygen atoms in total. The molecule has 1 N–H and O–H groups in total. The number of carbonyl (C=O) groups excluding carboxylic acids is 1. The molecule has 0 saturated carbocycles. The fourth-order valence-corrected chi connectivity index (χ4v) is 4.49. The van der Waals surface area contributed by atoms with Crippen molar-refractivity contribution in [3.8, 4) is 16.3 Å². The van der Waals surface area contributed by atoms with E-state index in [1.54, 1.807) is 11.3 Å². The van der Waals surface area contributed by atoms with Crippen molar-refractivity contribution in [3.05, 3.63) is 70.7 Å². The van der Waals surface area contributed by atoms with Gasteiger partial charge in [-0.3, -0.25) is 9.69 Å². The summed E-state index contributed by atoms with van der Waals surface area (Å²) in [4.78, 5) is 19.5. The van der Waals surface area contributed by atoms with Crippen LogP contribution < -0.4 is 10.1 Å². The fourth-order valence-electron chi connectivity index (χ4n) is 3.66. The Balaban J connectivity index is 1.27. The number of nitrogens with one attached hydrogen (secondary N) is 1. The third-order valence-corrected chi connectivity index (χ3v) is 6.24. The largest absolute Gasteiger partial charge is 0.494 e. The lowest BCUT2D eigenvalue weighted by Crippen LogP contribution is -2.35. The van der Waals surface area contributed by atoms with Crippen molar-refractivity contribution in [1.29, 1.82) is 0 Å². The van der Waals surface area contributed by atoms with Gasteiger partial charge in [-0.25, -0.2) is 4.98 Å². The van der Waals surface area contributed by atoms with E-state index in [2.05, 4.69) is 39.5 Å². The van der Waals surface area contributed by atoms with E-state index in [9.17, 15) is 4.79 Å². The molecular weight excluding hydrogens is 422 g/mol. The van der Waals surface area contributed by atoms with Crippen molar-refractivity contribution >= 4 is 17.2 Å². The van der Waals surface area contributed by atoms with E-state index in [0.29, 0.717) is 13.2 Å². The molecule has 0 unspecified atom stereocenters. The van der Waals surface area contributed by atoms with Gasteiger partial charge in [0.2, 0.25) is 5.91 Å². The summed E-state index contributed by atoms with van der Waals surface area (Å²) in [6, 6.07) is 16.3. The summed E-state index contributed by atoms with van der Waals surface area (Å²) in [6.45, 7) is 7.58. The molecule has 1 saturated heterocycles. The Bertz CT molecular complexity index is 1010. The number of benzene rings is 2. The second-order valence-corrected chi connectivity index (χ2v) is 8.62. The number of hydrogen-bond donors (Lipinski definition) is 1. The highest BCUT2D eigenvalue weighted by Crippen LogP contribution is 2.26. The summed E-state index contributed by atoms with van der Waals surface area (Å²) in [6.07, 6.45) is 0.279. The van der Waals surface area contributed by atoms with E-state index >= 15 is 0 Å².